The molecule has 0 saturated heterocycles. The van der Waals surface area contributed by atoms with Gasteiger partial charge in [-0.2, -0.15) is 13.5 Å². The highest BCUT2D eigenvalue weighted by atomic mass is 32.2. The number of nitrogens with one attached hydrogen (secondary N) is 1. The molecule has 0 aromatic heterocycles. The Morgan fingerprint density at radius 1 is 0.972 bits per heavy atom. The van der Waals surface area contributed by atoms with Crippen molar-refractivity contribution in [2.24, 2.45) is 5.10 Å². The van der Waals surface area contributed by atoms with Crippen LogP contribution >= 0.6 is 0 Å². The van der Waals surface area contributed by atoms with E-state index in [-0.39, 0.29) is 22.3 Å². The van der Waals surface area contributed by atoms with Crippen LogP contribution in [-0.4, -0.2) is 40.7 Å². The van der Waals surface area contributed by atoms with Gasteiger partial charge < -0.3 is 13.8 Å². The maximum absolute atomic E-state index is 12.8. The fourth-order valence-corrected chi connectivity index (χ4v) is 4.87. The largest absolute Gasteiger partial charge is 0.493 e. The first-order chi connectivity index (χ1) is 17.2. The van der Waals surface area contributed by atoms with Crippen LogP contribution in [0, 0.1) is 13.8 Å². The number of ether oxygens (including phenoxy) is 1. The Bertz CT molecular complexity index is 1350. The van der Waals surface area contributed by atoms with Gasteiger partial charge in [0, 0.05) is 24.3 Å². The van der Waals surface area contributed by atoms with Crippen LogP contribution in [0.1, 0.15) is 40.9 Å². The molecule has 0 atom stereocenters. The van der Waals surface area contributed by atoms with Gasteiger partial charge in [-0.15, -0.1) is 0 Å². The molecule has 1 N–H and O–H groups in total. The second-order valence-corrected chi connectivity index (χ2v) is 9.65. The van der Waals surface area contributed by atoms with Crippen LogP contribution in [0.2, 0.25) is 0 Å². The van der Waals surface area contributed by atoms with Crippen molar-refractivity contribution in [3.8, 4) is 11.5 Å². The number of anilines is 1. The number of hydrogen-bond donors (Lipinski definition) is 1. The third-order valence-electron chi connectivity index (χ3n) is 5.64. The van der Waals surface area contributed by atoms with Crippen LogP contribution < -0.4 is 19.2 Å². The van der Waals surface area contributed by atoms with E-state index in [2.05, 4.69) is 29.3 Å². The average molecular weight is 510 g/mol. The lowest BCUT2D eigenvalue weighted by Crippen LogP contribution is -2.22. The molecule has 36 heavy (non-hydrogen) atoms. The summed E-state index contributed by atoms with van der Waals surface area (Å²) >= 11 is 0. The van der Waals surface area contributed by atoms with Crippen LogP contribution in [0.25, 0.3) is 0 Å². The van der Waals surface area contributed by atoms with Crippen LogP contribution in [0.4, 0.5) is 5.69 Å². The Kier molecular flexibility index (Phi) is 8.71. The van der Waals surface area contributed by atoms with E-state index in [1.165, 1.54) is 19.4 Å². The third-order valence-corrected chi connectivity index (χ3v) is 7.02. The first-order valence-electron chi connectivity index (χ1n) is 11.6. The molecule has 0 saturated carbocycles. The molecule has 0 fully saturated rings. The molecule has 0 aliphatic carbocycles. The van der Waals surface area contributed by atoms with Crippen molar-refractivity contribution in [3.63, 3.8) is 0 Å². The quantitative estimate of drug-likeness (QED) is 0.242. The van der Waals surface area contributed by atoms with E-state index in [1.54, 1.807) is 43.3 Å². The minimum absolute atomic E-state index is 0.0490. The summed E-state index contributed by atoms with van der Waals surface area (Å²) in [7, 11) is -2.64. The fraction of sp³-hybridized carbons (Fsp3) is 0.259. The van der Waals surface area contributed by atoms with E-state index < -0.39 is 10.1 Å². The lowest BCUT2D eigenvalue weighted by molar-refractivity contribution is 0.0955. The van der Waals surface area contributed by atoms with Crippen molar-refractivity contribution in [3.05, 3.63) is 82.9 Å². The molecule has 9 heteroatoms. The van der Waals surface area contributed by atoms with Gasteiger partial charge in [-0.3, -0.25) is 4.79 Å². The van der Waals surface area contributed by atoms with Gasteiger partial charge in [0.05, 0.1) is 13.3 Å². The zero-order valence-electron chi connectivity index (χ0n) is 21.1. The summed E-state index contributed by atoms with van der Waals surface area (Å²) in [4.78, 5) is 14.7. The van der Waals surface area contributed by atoms with Crippen molar-refractivity contribution in [1.82, 2.24) is 5.43 Å². The van der Waals surface area contributed by atoms with Crippen LogP contribution in [0.5, 0.6) is 11.5 Å². The molecule has 8 nitrogen and oxygen atoms in total. The van der Waals surface area contributed by atoms with E-state index in [0.29, 0.717) is 16.7 Å². The SMILES string of the molecule is CCN(CC)c1ccc(C(=O)N/N=C/c2ccc(OS(=O)(=O)c3cc(C)ccc3C)c(OC)c2)cc1. The molecule has 0 radical (unpaired) electrons. The maximum atomic E-state index is 12.8. The summed E-state index contributed by atoms with van der Waals surface area (Å²) in [6, 6.07) is 17.1. The molecular weight excluding hydrogens is 478 g/mol. The number of hydrazone groups is 1. The van der Waals surface area contributed by atoms with Crippen LogP contribution in [0.3, 0.4) is 0 Å². The summed E-state index contributed by atoms with van der Waals surface area (Å²) in [6.07, 6.45) is 1.44. The Hall–Kier alpha value is -3.85. The minimum Gasteiger partial charge on any atom is -0.493 e. The molecule has 0 spiro atoms. The number of carbonyl (C=O) groups excluding carboxylic acids is 1. The number of amides is 1. The Morgan fingerprint density at radius 2 is 1.67 bits per heavy atom. The van der Waals surface area contributed by atoms with Gasteiger partial charge in [0.1, 0.15) is 4.90 Å². The van der Waals surface area contributed by atoms with Crippen molar-refractivity contribution in [1.29, 1.82) is 0 Å². The Morgan fingerprint density at radius 3 is 2.31 bits per heavy atom. The van der Waals surface area contributed by atoms with Crippen molar-refractivity contribution >= 4 is 27.9 Å². The highest BCUT2D eigenvalue weighted by molar-refractivity contribution is 7.87. The van der Waals surface area contributed by atoms with Crippen molar-refractivity contribution in [2.45, 2.75) is 32.6 Å². The summed E-state index contributed by atoms with van der Waals surface area (Å²) in [6.45, 7) is 9.45. The van der Waals surface area contributed by atoms with Gasteiger partial charge in [0.2, 0.25) is 0 Å². The van der Waals surface area contributed by atoms with E-state index >= 15 is 0 Å². The van der Waals surface area contributed by atoms with Gasteiger partial charge in [-0.05, 0) is 92.9 Å². The smallest absolute Gasteiger partial charge is 0.339 e. The van der Waals surface area contributed by atoms with Gasteiger partial charge in [-0.25, -0.2) is 5.43 Å². The zero-order valence-corrected chi connectivity index (χ0v) is 21.9. The number of benzene rings is 3. The lowest BCUT2D eigenvalue weighted by atomic mass is 10.2. The topological polar surface area (TPSA) is 97.3 Å². The normalized spacial score (nSPS) is 11.4. The molecule has 1 amide bonds. The van der Waals surface area contributed by atoms with Crippen LogP contribution in [-0.2, 0) is 10.1 Å². The molecule has 0 unspecified atom stereocenters. The number of carbonyl (C=O) groups is 1. The Balaban J connectivity index is 1.70. The molecule has 0 aliphatic heterocycles. The van der Waals surface area contributed by atoms with Gasteiger partial charge in [0.25, 0.3) is 5.91 Å². The highest BCUT2D eigenvalue weighted by Gasteiger charge is 2.21. The fourth-order valence-electron chi connectivity index (χ4n) is 3.62. The summed E-state index contributed by atoms with van der Waals surface area (Å²) in [5.41, 5.74) is 6.01. The lowest BCUT2D eigenvalue weighted by Gasteiger charge is -2.20. The number of hydrogen-bond acceptors (Lipinski definition) is 7. The molecule has 190 valence electrons. The predicted octanol–water partition coefficient (Wildman–Crippen LogP) is 4.69. The number of nitrogens with zero attached hydrogens (tertiary/aromatic N) is 2. The third kappa shape index (κ3) is 6.42. The molecule has 3 aromatic rings. The minimum atomic E-state index is -4.06. The molecule has 3 aromatic carbocycles. The predicted molar refractivity (Wildman–Crippen MR) is 142 cm³/mol. The average Bonchev–Trinajstić information content (AvgIpc) is 2.87. The second kappa shape index (κ2) is 11.7. The van der Waals surface area contributed by atoms with E-state index in [1.807, 2.05) is 25.1 Å². The molecule has 3 rings (SSSR count). The van der Waals surface area contributed by atoms with E-state index in [0.717, 1.165) is 24.3 Å². The molecular formula is C27H31N3O5S. The molecule has 0 heterocycles. The molecule has 0 bridgehead atoms. The first kappa shape index (κ1) is 26.7. The molecule has 0 aliphatic rings. The monoisotopic (exact) mass is 509 g/mol. The van der Waals surface area contributed by atoms with Gasteiger partial charge in [0.15, 0.2) is 11.5 Å². The van der Waals surface area contributed by atoms with Gasteiger partial charge >= 0.3 is 10.1 Å². The first-order valence-corrected chi connectivity index (χ1v) is 13.0. The number of methoxy groups -OCH3 is 1. The highest BCUT2D eigenvalue weighted by Crippen LogP contribution is 2.31. The Labute approximate surface area is 212 Å². The second-order valence-electron chi connectivity index (χ2n) is 8.13. The maximum Gasteiger partial charge on any atom is 0.339 e. The van der Waals surface area contributed by atoms with Gasteiger partial charge in [-0.1, -0.05) is 12.1 Å². The van der Waals surface area contributed by atoms with Crippen molar-refractivity contribution < 1.29 is 22.1 Å². The summed E-state index contributed by atoms with van der Waals surface area (Å²) in [5, 5.41) is 4.01. The summed E-state index contributed by atoms with van der Waals surface area (Å²) in [5.74, 6) is -0.0806. The van der Waals surface area contributed by atoms with E-state index in [4.69, 9.17) is 8.92 Å². The van der Waals surface area contributed by atoms with Crippen LogP contribution in [0.15, 0.2) is 70.7 Å². The zero-order chi connectivity index (χ0) is 26.3. The number of aryl methyl sites for hydroxylation is 2. The van der Waals surface area contributed by atoms with Crippen molar-refractivity contribution in [2.75, 3.05) is 25.1 Å². The van der Waals surface area contributed by atoms with E-state index in [9.17, 15) is 13.2 Å². The summed E-state index contributed by atoms with van der Waals surface area (Å²) < 4.78 is 36.4. The standard InChI is InChI=1S/C27H31N3O5S/c1-6-30(7-2)23-13-11-22(12-14-23)27(31)29-28-18-21-10-15-24(25(17-21)34-5)35-36(32,33)26-16-19(3)8-9-20(26)4/h8-18H,6-7H2,1-5H3,(H,29,31)/b28-18+. The number of rotatable bonds is 10.